The van der Waals surface area contributed by atoms with Gasteiger partial charge in [-0.2, -0.15) is 0 Å². The maximum absolute atomic E-state index is 13.5. The lowest BCUT2D eigenvalue weighted by Crippen LogP contribution is -2.18. The molecule has 0 aliphatic rings. The number of hydrogen-bond acceptors (Lipinski definition) is 3. The summed E-state index contributed by atoms with van der Waals surface area (Å²) < 4.78 is 13.5. The van der Waals surface area contributed by atoms with Crippen LogP contribution in [0.1, 0.15) is 29.1 Å². The van der Waals surface area contributed by atoms with Crippen LogP contribution in [0.4, 0.5) is 4.39 Å². The van der Waals surface area contributed by atoms with Crippen molar-refractivity contribution in [1.29, 1.82) is 0 Å². The van der Waals surface area contributed by atoms with Gasteiger partial charge in [0.1, 0.15) is 11.6 Å². The first-order valence-corrected chi connectivity index (χ1v) is 6.71. The molecule has 0 aliphatic carbocycles. The Morgan fingerprint density at radius 3 is 2.73 bits per heavy atom. The summed E-state index contributed by atoms with van der Waals surface area (Å²) in [6.07, 6.45) is 3.02. The molecule has 5 nitrogen and oxygen atoms in total. The van der Waals surface area contributed by atoms with Crippen molar-refractivity contribution < 1.29 is 14.3 Å². The Morgan fingerprint density at radius 1 is 1.36 bits per heavy atom. The lowest BCUT2D eigenvalue weighted by molar-refractivity contribution is -0.136. The van der Waals surface area contributed by atoms with Gasteiger partial charge in [-0.3, -0.25) is 9.59 Å². The highest BCUT2D eigenvalue weighted by atomic mass is 19.1. The van der Waals surface area contributed by atoms with Crippen molar-refractivity contribution in [3.63, 3.8) is 0 Å². The number of rotatable bonds is 5. The topological polar surface area (TPSA) is 83.0 Å². The molecule has 22 heavy (non-hydrogen) atoms. The number of aryl methyl sites for hydroxylation is 1. The van der Waals surface area contributed by atoms with Crippen LogP contribution in [0.15, 0.2) is 29.1 Å². The number of aliphatic carboxylic acids is 1. The summed E-state index contributed by atoms with van der Waals surface area (Å²) in [6.45, 7) is 1.65. The Bertz CT molecular complexity index is 781. The van der Waals surface area contributed by atoms with Crippen LogP contribution in [0.2, 0.25) is 0 Å². The van der Waals surface area contributed by atoms with Crippen molar-refractivity contribution in [2.24, 2.45) is 0 Å². The Kier molecular flexibility index (Phi) is 4.83. The largest absolute Gasteiger partial charge is 0.481 e. The lowest BCUT2D eigenvalue weighted by Gasteiger charge is -2.04. The Morgan fingerprint density at radius 2 is 2.09 bits per heavy atom. The van der Waals surface area contributed by atoms with Crippen LogP contribution in [0, 0.1) is 12.7 Å². The van der Waals surface area contributed by atoms with E-state index in [1.54, 1.807) is 25.1 Å². The molecule has 114 valence electrons. The van der Waals surface area contributed by atoms with Crippen molar-refractivity contribution >= 4 is 18.1 Å². The molecule has 0 aliphatic heterocycles. The molecule has 0 bridgehead atoms. The second kappa shape index (κ2) is 6.80. The van der Waals surface area contributed by atoms with Crippen LogP contribution in [-0.2, 0) is 11.2 Å². The van der Waals surface area contributed by atoms with Gasteiger partial charge in [-0.1, -0.05) is 18.2 Å². The van der Waals surface area contributed by atoms with Gasteiger partial charge >= 0.3 is 5.97 Å². The zero-order valence-corrected chi connectivity index (χ0v) is 12.0. The number of aromatic amines is 1. The number of carboxylic acid groups (broad SMARTS) is 1. The molecule has 1 heterocycles. The predicted molar refractivity (Wildman–Crippen MR) is 80.9 cm³/mol. The minimum absolute atomic E-state index is 0.126. The third-order valence-electron chi connectivity index (χ3n) is 3.16. The van der Waals surface area contributed by atoms with Gasteiger partial charge in [0, 0.05) is 23.2 Å². The number of benzene rings is 1. The molecule has 0 saturated heterocycles. The van der Waals surface area contributed by atoms with Crippen molar-refractivity contribution in [2.75, 3.05) is 0 Å². The molecule has 2 aromatic rings. The molecule has 1 aromatic heterocycles. The maximum Gasteiger partial charge on any atom is 0.303 e. The number of halogens is 1. The third kappa shape index (κ3) is 3.88. The number of H-pyrrole nitrogens is 1. The first kappa shape index (κ1) is 15.6. The van der Waals surface area contributed by atoms with E-state index < -0.39 is 5.97 Å². The van der Waals surface area contributed by atoms with E-state index in [4.69, 9.17) is 5.11 Å². The van der Waals surface area contributed by atoms with Gasteiger partial charge in [0.25, 0.3) is 5.56 Å². The smallest absolute Gasteiger partial charge is 0.303 e. The lowest BCUT2D eigenvalue weighted by atomic mass is 10.1. The minimum Gasteiger partial charge on any atom is -0.481 e. The van der Waals surface area contributed by atoms with Crippen LogP contribution in [0.3, 0.4) is 0 Å². The molecule has 2 N–H and O–H groups in total. The minimum atomic E-state index is -0.970. The van der Waals surface area contributed by atoms with Gasteiger partial charge in [0.2, 0.25) is 0 Å². The maximum atomic E-state index is 13.5. The first-order valence-electron chi connectivity index (χ1n) is 6.71. The number of carboxylic acids is 1. The second-order valence-electron chi connectivity index (χ2n) is 4.76. The van der Waals surface area contributed by atoms with E-state index in [2.05, 4.69) is 9.97 Å². The summed E-state index contributed by atoms with van der Waals surface area (Å²) in [6, 6.07) is 6.25. The summed E-state index contributed by atoms with van der Waals surface area (Å²) in [5.41, 5.74) is 0.836. The Hall–Kier alpha value is -2.76. The summed E-state index contributed by atoms with van der Waals surface area (Å²) in [7, 11) is 0. The zero-order valence-electron chi connectivity index (χ0n) is 12.0. The number of hydrogen-bond donors (Lipinski definition) is 2. The fourth-order valence-electron chi connectivity index (χ4n) is 2.02. The van der Waals surface area contributed by atoms with Crippen molar-refractivity contribution in [3.05, 3.63) is 63.1 Å². The second-order valence-corrected chi connectivity index (χ2v) is 4.76. The molecular formula is C16H15FN2O3. The van der Waals surface area contributed by atoms with Crippen LogP contribution in [0.5, 0.6) is 0 Å². The molecule has 0 saturated carbocycles. The molecule has 0 spiro atoms. The molecule has 0 unspecified atom stereocenters. The normalized spacial score (nSPS) is 11.0. The van der Waals surface area contributed by atoms with E-state index in [1.165, 1.54) is 18.2 Å². The van der Waals surface area contributed by atoms with E-state index in [0.717, 1.165) is 0 Å². The third-order valence-corrected chi connectivity index (χ3v) is 3.16. The van der Waals surface area contributed by atoms with Crippen molar-refractivity contribution in [1.82, 2.24) is 9.97 Å². The molecular weight excluding hydrogens is 287 g/mol. The van der Waals surface area contributed by atoms with Crippen LogP contribution < -0.4 is 5.56 Å². The SMILES string of the molecule is Cc1nc(/C=C/c2ccccc2F)[nH]c(=O)c1CCC(=O)O. The van der Waals surface area contributed by atoms with Gasteiger partial charge in [-0.05, 0) is 31.6 Å². The first-order chi connectivity index (χ1) is 10.5. The van der Waals surface area contributed by atoms with Gasteiger partial charge < -0.3 is 10.1 Å². The van der Waals surface area contributed by atoms with Gasteiger partial charge in [-0.15, -0.1) is 0 Å². The standard InChI is InChI=1S/C16H15FN2O3/c1-10-12(7-9-15(20)21)16(22)19-14(18-10)8-6-11-4-2-3-5-13(11)17/h2-6,8H,7,9H2,1H3,(H,20,21)(H,18,19,22)/b8-6+. The van der Waals surface area contributed by atoms with Crippen LogP contribution >= 0.6 is 0 Å². The highest BCUT2D eigenvalue weighted by Crippen LogP contribution is 2.10. The molecule has 0 fully saturated rings. The summed E-state index contributed by atoms with van der Waals surface area (Å²) in [5.74, 6) is -1.04. The average Bonchev–Trinajstić information content (AvgIpc) is 2.45. The molecule has 1 aromatic carbocycles. The van der Waals surface area contributed by atoms with Crippen LogP contribution in [-0.4, -0.2) is 21.0 Å². The zero-order chi connectivity index (χ0) is 16.1. The van der Waals surface area contributed by atoms with Gasteiger partial charge in [0.05, 0.1) is 0 Å². The van der Waals surface area contributed by atoms with Gasteiger partial charge in [-0.25, -0.2) is 9.37 Å². The fraction of sp³-hybridized carbons (Fsp3) is 0.188. The van der Waals surface area contributed by atoms with E-state index in [-0.39, 0.29) is 24.2 Å². The molecule has 2 rings (SSSR count). The number of carbonyl (C=O) groups is 1. The summed E-state index contributed by atoms with van der Waals surface area (Å²) in [4.78, 5) is 29.3. The van der Waals surface area contributed by atoms with E-state index in [0.29, 0.717) is 22.6 Å². The van der Waals surface area contributed by atoms with Gasteiger partial charge in [0.15, 0.2) is 0 Å². The molecule has 0 atom stereocenters. The quantitative estimate of drug-likeness (QED) is 0.888. The van der Waals surface area contributed by atoms with E-state index in [9.17, 15) is 14.0 Å². The molecule has 0 amide bonds. The molecule has 0 radical (unpaired) electrons. The average molecular weight is 302 g/mol. The number of nitrogens with one attached hydrogen (secondary N) is 1. The Balaban J connectivity index is 2.25. The summed E-state index contributed by atoms with van der Waals surface area (Å²) in [5, 5.41) is 8.67. The van der Waals surface area contributed by atoms with Crippen LogP contribution in [0.25, 0.3) is 12.2 Å². The number of aromatic nitrogens is 2. The Labute approximate surface area is 126 Å². The van der Waals surface area contributed by atoms with E-state index in [1.807, 2.05) is 0 Å². The van der Waals surface area contributed by atoms with E-state index >= 15 is 0 Å². The number of nitrogens with zero attached hydrogens (tertiary/aromatic N) is 1. The highest BCUT2D eigenvalue weighted by molar-refractivity contribution is 5.67. The van der Waals surface area contributed by atoms with Crippen molar-refractivity contribution in [3.8, 4) is 0 Å². The molecule has 6 heteroatoms. The fourth-order valence-corrected chi connectivity index (χ4v) is 2.02. The summed E-state index contributed by atoms with van der Waals surface area (Å²) >= 11 is 0. The van der Waals surface area contributed by atoms with Crippen molar-refractivity contribution in [2.45, 2.75) is 19.8 Å². The predicted octanol–water partition coefficient (Wildman–Crippen LogP) is 2.41. The highest BCUT2D eigenvalue weighted by Gasteiger charge is 2.09. The monoisotopic (exact) mass is 302 g/mol.